The summed E-state index contributed by atoms with van der Waals surface area (Å²) in [6.07, 6.45) is 0. The van der Waals surface area contributed by atoms with Crippen molar-refractivity contribution in [3.8, 4) is 17.2 Å². The van der Waals surface area contributed by atoms with Gasteiger partial charge in [-0.25, -0.2) is 8.42 Å². The molecule has 1 N–H and O–H groups in total. The molecule has 0 unspecified atom stereocenters. The Kier molecular flexibility index (Phi) is 7.16. The summed E-state index contributed by atoms with van der Waals surface area (Å²) in [4.78, 5) is 13.2. The zero-order valence-corrected chi connectivity index (χ0v) is 20.7. The summed E-state index contributed by atoms with van der Waals surface area (Å²) in [5.41, 5.74) is 2.08. The van der Waals surface area contributed by atoms with E-state index in [2.05, 4.69) is 5.32 Å². The van der Waals surface area contributed by atoms with Crippen LogP contribution in [-0.4, -0.2) is 41.2 Å². The highest BCUT2D eigenvalue weighted by atomic mass is 32.2. The summed E-state index contributed by atoms with van der Waals surface area (Å²) in [6.45, 7) is 4.26. The van der Waals surface area contributed by atoms with Crippen molar-refractivity contribution in [3.05, 3.63) is 77.9 Å². The number of benzene rings is 3. The SMILES string of the molecule is COc1cccc(N(CC(=O)N[C@@H](C)c2ccc3c(c2)OCCO3)S(=O)(=O)c2ccc(C)cc2)c1. The van der Waals surface area contributed by atoms with Crippen molar-refractivity contribution in [1.29, 1.82) is 0 Å². The van der Waals surface area contributed by atoms with Crippen LogP contribution in [0.5, 0.6) is 17.2 Å². The molecule has 0 fully saturated rings. The number of hydrogen-bond donors (Lipinski definition) is 1. The van der Waals surface area contributed by atoms with Crippen LogP contribution in [-0.2, 0) is 14.8 Å². The Morgan fingerprint density at radius 3 is 2.46 bits per heavy atom. The number of hydrogen-bond acceptors (Lipinski definition) is 6. The Hall–Kier alpha value is -3.72. The molecule has 8 nitrogen and oxygen atoms in total. The molecule has 9 heteroatoms. The predicted octanol–water partition coefficient (Wildman–Crippen LogP) is 3.85. The second-order valence-corrected chi connectivity index (χ2v) is 10.1. The molecular weight excluding hydrogens is 468 g/mol. The highest BCUT2D eigenvalue weighted by Crippen LogP contribution is 2.33. The fourth-order valence-corrected chi connectivity index (χ4v) is 5.16. The normalized spacial score (nSPS) is 13.6. The number of carbonyl (C=O) groups is 1. The van der Waals surface area contributed by atoms with Gasteiger partial charge in [0.1, 0.15) is 25.5 Å². The Morgan fingerprint density at radius 2 is 1.74 bits per heavy atom. The molecule has 0 aromatic heterocycles. The molecule has 3 aromatic carbocycles. The largest absolute Gasteiger partial charge is 0.497 e. The molecule has 3 aromatic rings. The third kappa shape index (κ3) is 5.51. The lowest BCUT2D eigenvalue weighted by Crippen LogP contribution is -2.41. The molecule has 1 aliphatic heterocycles. The summed E-state index contributed by atoms with van der Waals surface area (Å²) < 4.78 is 44.7. The summed E-state index contributed by atoms with van der Waals surface area (Å²) in [7, 11) is -2.52. The van der Waals surface area contributed by atoms with Gasteiger partial charge in [-0.1, -0.05) is 29.8 Å². The van der Waals surface area contributed by atoms with Gasteiger partial charge in [0.05, 0.1) is 23.7 Å². The van der Waals surface area contributed by atoms with Crippen molar-refractivity contribution in [3.63, 3.8) is 0 Å². The van der Waals surface area contributed by atoms with E-state index in [0.717, 1.165) is 15.4 Å². The molecule has 0 radical (unpaired) electrons. The predicted molar refractivity (Wildman–Crippen MR) is 133 cm³/mol. The van der Waals surface area contributed by atoms with Crippen LogP contribution in [0.4, 0.5) is 5.69 Å². The van der Waals surface area contributed by atoms with Gasteiger partial charge in [0, 0.05) is 6.07 Å². The Balaban J connectivity index is 1.59. The van der Waals surface area contributed by atoms with E-state index in [1.54, 1.807) is 42.5 Å². The van der Waals surface area contributed by atoms with Crippen LogP contribution in [0.25, 0.3) is 0 Å². The summed E-state index contributed by atoms with van der Waals surface area (Å²) in [5.74, 6) is 1.31. The number of rotatable bonds is 8. The lowest BCUT2D eigenvalue weighted by Gasteiger charge is -2.26. The number of nitrogens with one attached hydrogen (secondary N) is 1. The fraction of sp³-hybridized carbons (Fsp3) is 0.269. The van der Waals surface area contributed by atoms with E-state index in [4.69, 9.17) is 14.2 Å². The summed E-state index contributed by atoms with van der Waals surface area (Å²) >= 11 is 0. The van der Waals surface area contributed by atoms with Gasteiger partial charge >= 0.3 is 0 Å². The smallest absolute Gasteiger partial charge is 0.264 e. The van der Waals surface area contributed by atoms with Crippen LogP contribution in [0.3, 0.4) is 0 Å². The molecule has 0 spiro atoms. The molecule has 1 atom stereocenters. The minimum absolute atomic E-state index is 0.0959. The zero-order valence-electron chi connectivity index (χ0n) is 19.9. The Bertz CT molecular complexity index is 1310. The van der Waals surface area contributed by atoms with Crippen LogP contribution in [0.1, 0.15) is 24.1 Å². The molecule has 0 saturated carbocycles. The first-order valence-electron chi connectivity index (χ1n) is 11.2. The number of anilines is 1. The van der Waals surface area contributed by atoms with E-state index in [0.29, 0.717) is 36.1 Å². The van der Waals surface area contributed by atoms with Crippen molar-refractivity contribution in [1.82, 2.24) is 5.32 Å². The first kappa shape index (κ1) is 24.4. The second-order valence-electron chi connectivity index (χ2n) is 8.22. The minimum Gasteiger partial charge on any atom is -0.497 e. The molecule has 35 heavy (non-hydrogen) atoms. The lowest BCUT2D eigenvalue weighted by molar-refractivity contribution is -0.120. The number of nitrogens with zero attached hydrogens (tertiary/aromatic N) is 1. The Labute approximate surface area is 205 Å². The molecule has 4 rings (SSSR count). The lowest BCUT2D eigenvalue weighted by atomic mass is 10.1. The van der Waals surface area contributed by atoms with Gasteiger partial charge in [0.15, 0.2) is 11.5 Å². The van der Waals surface area contributed by atoms with Gasteiger partial charge in [-0.2, -0.15) is 0 Å². The van der Waals surface area contributed by atoms with Crippen LogP contribution < -0.4 is 23.8 Å². The molecule has 184 valence electrons. The topological polar surface area (TPSA) is 94.2 Å². The van der Waals surface area contributed by atoms with Crippen LogP contribution >= 0.6 is 0 Å². The van der Waals surface area contributed by atoms with Crippen molar-refractivity contribution in [2.45, 2.75) is 24.8 Å². The van der Waals surface area contributed by atoms with Gasteiger partial charge in [-0.05, 0) is 55.8 Å². The van der Waals surface area contributed by atoms with Crippen LogP contribution in [0, 0.1) is 6.92 Å². The number of ether oxygens (including phenoxy) is 3. The van der Waals surface area contributed by atoms with Gasteiger partial charge in [0.25, 0.3) is 10.0 Å². The quantitative estimate of drug-likeness (QED) is 0.509. The molecule has 0 bridgehead atoms. The van der Waals surface area contributed by atoms with Gasteiger partial charge in [-0.3, -0.25) is 9.10 Å². The first-order valence-corrected chi connectivity index (χ1v) is 12.6. The maximum atomic E-state index is 13.6. The van der Waals surface area contributed by atoms with Crippen molar-refractivity contribution in [2.75, 3.05) is 31.2 Å². The highest BCUT2D eigenvalue weighted by molar-refractivity contribution is 7.92. The molecular formula is C26H28N2O6S. The standard InChI is InChI=1S/C26H28N2O6S/c1-18-7-10-23(11-8-18)35(30,31)28(21-5-4-6-22(16-21)32-3)17-26(29)27-19(2)20-9-12-24-25(15-20)34-14-13-33-24/h4-12,15-16,19H,13-14,17H2,1-3H3,(H,27,29)/t19-/m0/s1. The van der Waals surface area contributed by atoms with Crippen LogP contribution in [0.15, 0.2) is 71.6 Å². The number of sulfonamides is 1. The summed E-state index contributed by atoms with van der Waals surface area (Å²) in [6, 6.07) is 18.2. The average molecular weight is 497 g/mol. The highest BCUT2D eigenvalue weighted by Gasteiger charge is 2.28. The molecule has 1 heterocycles. The maximum absolute atomic E-state index is 13.6. The third-order valence-corrected chi connectivity index (χ3v) is 7.47. The van der Waals surface area contributed by atoms with Crippen molar-refractivity contribution < 1.29 is 27.4 Å². The number of fused-ring (bicyclic) bond motifs is 1. The Morgan fingerprint density at radius 1 is 1.03 bits per heavy atom. The number of methoxy groups -OCH3 is 1. The number of amides is 1. The summed E-state index contributed by atoms with van der Waals surface area (Å²) in [5, 5.41) is 2.89. The minimum atomic E-state index is -4.02. The van der Waals surface area contributed by atoms with Gasteiger partial charge in [0.2, 0.25) is 5.91 Å². The van der Waals surface area contributed by atoms with E-state index in [1.165, 1.54) is 19.2 Å². The second kappa shape index (κ2) is 10.3. The van der Waals surface area contributed by atoms with E-state index in [1.807, 2.05) is 26.0 Å². The third-order valence-electron chi connectivity index (χ3n) is 5.68. The number of carbonyl (C=O) groups excluding carboxylic acids is 1. The first-order chi connectivity index (χ1) is 16.8. The molecule has 1 amide bonds. The average Bonchev–Trinajstić information content (AvgIpc) is 2.87. The van der Waals surface area contributed by atoms with Crippen molar-refractivity contribution >= 4 is 21.6 Å². The maximum Gasteiger partial charge on any atom is 0.264 e. The van der Waals surface area contributed by atoms with E-state index in [-0.39, 0.29) is 10.9 Å². The van der Waals surface area contributed by atoms with Gasteiger partial charge in [-0.15, -0.1) is 0 Å². The molecule has 0 saturated heterocycles. The molecule has 0 aliphatic carbocycles. The van der Waals surface area contributed by atoms with E-state index >= 15 is 0 Å². The van der Waals surface area contributed by atoms with Crippen LogP contribution in [0.2, 0.25) is 0 Å². The van der Waals surface area contributed by atoms with E-state index in [9.17, 15) is 13.2 Å². The van der Waals surface area contributed by atoms with Gasteiger partial charge < -0.3 is 19.5 Å². The number of aryl methyl sites for hydroxylation is 1. The molecule has 1 aliphatic rings. The fourth-order valence-electron chi connectivity index (χ4n) is 3.75. The van der Waals surface area contributed by atoms with Crippen molar-refractivity contribution in [2.24, 2.45) is 0 Å². The zero-order chi connectivity index (χ0) is 25.0. The van der Waals surface area contributed by atoms with E-state index < -0.39 is 22.5 Å². The monoisotopic (exact) mass is 496 g/mol.